The molecule has 1 aromatic rings. The Hall–Kier alpha value is -1.51. The summed E-state index contributed by atoms with van der Waals surface area (Å²) in [5, 5.41) is 9.20. The molecule has 0 bridgehead atoms. The van der Waals surface area contributed by atoms with Crippen LogP contribution in [0.3, 0.4) is 0 Å². The number of hydrogen-bond acceptors (Lipinski definition) is 3. The van der Waals surface area contributed by atoms with Gasteiger partial charge in [-0.05, 0) is 24.1 Å². The van der Waals surface area contributed by atoms with Crippen molar-refractivity contribution in [1.82, 2.24) is 0 Å². The first-order valence-electron chi connectivity index (χ1n) is 5.18. The van der Waals surface area contributed by atoms with Crippen LogP contribution >= 0.6 is 0 Å². The average molecular weight is 206 g/mol. The van der Waals surface area contributed by atoms with E-state index in [2.05, 4.69) is 0 Å². The molecule has 0 spiro atoms. The smallest absolute Gasteiger partial charge is 0.306 e. The number of hydrogen-bond donors (Lipinski definition) is 1. The molecule has 3 nitrogen and oxygen atoms in total. The maximum atomic E-state index is 11.2. The third-order valence-corrected chi connectivity index (χ3v) is 3.01. The van der Waals surface area contributed by atoms with Gasteiger partial charge in [0.15, 0.2) is 0 Å². The van der Waals surface area contributed by atoms with Crippen molar-refractivity contribution >= 4 is 5.97 Å². The molecule has 1 N–H and O–H groups in total. The number of benzene rings is 1. The van der Waals surface area contributed by atoms with E-state index in [1.807, 2.05) is 19.1 Å². The van der Waals surface area contributed by atoms with E-state index in [-0.39, 0.29) is 11.7 Å². The van der Waals surface area contributed by atoms with Gasteiger partial charge in [0.1, 0.15) is 11.4 Å². The molecule has 0 radical (unpaired) electrons. The van der Waals surface area contributed by atoms with Crippen LogP contribution in [-0.2, 0) is 15.1 Å². The van der Waals surface area contributed by atoms with E-state index in [0.29, 0.717) is 6.42 Å². The normalized spacial score (nSPS) is 25.3. The van der Waals surface area contributed by atoms with Crippen molar-refractivity contribution in [2.24, 2.45) is 0 Å². The van der Waals surface area contributed by atoms with Crippen molar-refractivity contribution < 1.29 is 14.6 Å². The van der Waals surface area contributed by atoms with Crippen molar-refractivity contribution in [3.63, 3.8) is 0 Å². The third-order valence-electron chi connectivity index (χ3n) is 3.01. The molecule has 1 fully saturated rings. The molecule has 1 saturated heterocycles. The van der Waals surface area contributed by atoms with Gasteiger partial charge in [-0.3, -0.25) is 4.79 Å². The quantitative estimate of drug-likeness (QED) is 0.755. The minimum Gasteiger partial charge on any atom is -0.508 e. The average Bonchev–Trinajstić information content (AvgIpc) is 2.62. The second-order valence-corrected chi connectivity index (χ2v) is 3.87. The predicted molar refractivity (Wildman–Crippen MR) is 55.4 cm³/mol. The zero-order valence-corrected chi connectivity index (χ0v) is 8.69. The lowest BCUT2D eigenvalue weighted by atomic mass is 9.88. The predicted octanol–water partition coefficient (Wildman–Crippen LogP) is 2.33. The van der Waals surface area contributed by atoms with Crippen LogP contribution in [0.5, 0.6) is 5.75 Å². The summed E-state index contributed by atoms with van der Waals surface area (Å²) in [6.45, 7) is 2.01. The van der Waals surface area contributed by atoms with Crippen molar-refractivity contribution in [3.8, 4) is 5.75 Å². The van der Waals surface area contributed by atoms with Gasteiger partial charge in [0.2, 0.25) is 0 Å². The highest BCUT2D eigenvalue weighted by Crippen LogP contribution is 2.39. The van der Waals surface area contributed by atoms with Crippen LogP contribution in [0.4, 0.5) is 0 Å². The summed E-state index contributed by atoms with van der Waals surface area (Å²) in [5.74, 6) is 0.0965. The molecule has 0 aromatic heterocycles. The van der Waals surface area contributed by atoms with Crippen LogP contribution in [0.2, 0.25) is 0 Å². The Bertz CT molecular complexity index is 369. The van der Waals surface area contributed by atoms with Crippen LogP contribution in [0, 0.1) is 0 Å². The van der Waals surface area contributed by atoms with Gasteiger partial charge in [-0.15, -0.1) is 0 Å². The lowest BCUT2D eigenvalue weighted by Crippen LogP contribution is -2.24. The minimum absolute atomic E-state index is 0.134. The van der Waals surface area contributed by atoms with Crippen LogP contribution in [0.25, 0.3) is 0 Å². The topological polar surface area (TPSA) is 46.5 Å². The highest BCUT2D eigenvalue weighted by molar-refractivity contribution is 5.72. The summed E-state index contributed by atoms with van der Waals surface area (Å²) in [5.41, 5.74) is 0.499. The summed E-state index contributed by atoms with van der Waals surface area (Å²) in [7, 11) is 0. The molecule has 0 saturated carbocycles. The van der Waals surface area contributed by atoms with E-state index in [9.17, 15) is 9.90 Å². The first-order chi connectivity index (χ1) is 7.16. The molecule has 1 heterocycles. The third kappa shape index (κ3) is 1.69. The van der Waals surface area contributed by atoms with E-state index < -0.39 is 5.60 Å². The highest BCUT2D eigenvalue weighted by Gasteiger charge is 2.40. The number of phenols is 1. The van der Waals surface area contributed by atoms with Crippen molar-refractivity contribution in [1.29, 1.82) is 0 Å². The number of aromatic hydroxyl groups is 1. The van der Waals surface area contributed by atoms with Crippen molar-refractivity contribution in [2.45, 2.75) is 31.8 Å². The van der Waals surface area contributed by atoms with E-state index in [0.717, 1.165) is 18.4 Å². The first kappa shape index (κ1) is 10.0. The number of esters is 1. The molecule has 80 valence electrons. The fourth-order valence-electron chi connectivity index (χ4n) is 2.05. The number of ether oxygens (including phenoxy) is 1. The molecule has 1 aliphatic heterocycles. The van der Waals surface area contributed by atoms with E-state index in [1.165, 1.54) is 0 Å². The Labute approximate surface area is 88.7 Å². The molecule has 0 amide bonds. The van der Waals surface area contributed by atoms with Crippen LogP contribution in [-0.4, -0.2) is 11.1 Å². The summed E-state index contributed by atoms with van der Waals surface area (Å²) in [4.78, 5) is 11.2. The van der Waals surface area contributed by atoms with Crippen LogP contribution in [0.15, 0.2) is 24.3 Å². The zero-order valence-electron chi connectivity index (χ0n) is 8.69. The fourth-order valence-corrected chi connectivity index (χ4v) is 2.05. The number of cyclic esters (lactones) is 1. The van der Waals surface area contributed by atoms with Crippen LogP contribution < -0.4 is 0 Å². The maximum Gasteiger partial charge on any atom is 0.306 e. The van der Waals surface area contributed by atoms with Crippen molar-refractivity contribution in [2.75, 3.05) is 0 Å². The van der Waals surface area contributed by atoms with Gasteiger partial charge in [-0.2, -0.15) is 0 Å². The Morgan fingerprint density at radius 3 is 2.53 bits per heavy atom. The summed E-state index contributed by atoms with van der Waals surface area (Å²) in [6.07, 6.45) is 1.98. The highest BCUT2D eigenvalue weighted by atomic mass is 16.6. The molecular weight excluding hydrogens is 192 g/mol. The van der Waals surface area contributed by atoms with Gasteiger partial charge in [-0.1, -0.05) is 19.1 Å². The van der Waals surface area contributed by atoms with Gasteiger partial charge in [0.25, 0.3) is 0 Å². The second-order valence-electron chi connectivity index (χ2n) is 3.87. The van der Waals surface area contributed by atoms with E-state index in [4.69, 9.17) is 4.74 Å². The Morgan fingerprint density at radius 1 is 1.40 bits per heavy atom. The molecule has 0 aliphatic carbocycles. The minimum atomic E-state index is -0.467. The second kappa shape index (κ2) is 3.57. The molecule has 2 rings (SSSR count). The maximum absolute atomic E-state index is 11.2. The summed E-state index contributed by atoms with van der Waals surface area (Å²) < 4.78 is 5.40. The van der Waals surface area contributed by atoms with Gasteiger partial charge >= 0.3 is 5.97 Å². The van der Waals surface area contributed by atoms with E-state index >= 15 is 0 Å². The van der Waals surface area contributed by atoms with Gasteiger partial charge in [0.05, 0.1) is 0 Å². The molecule has 1 atom stereocenters. The molecule has 3 heteroatoms. The summed E-state index contributed by atoms with van der Waals surface area (Å²) >= 11 is 0. The zero-order chi connectivity index (χ0) is 10.9. The van der Waals surface area contributed by atoms with Crippen molar-refractivity contribution in [3.05, 3.63) is 29.8 Å². The monoisotopic (exact) mass is 206 g/mol. The molecule has 1 unspecified atom stereocenters. The number of carbonyl (C=O) groups is 1. The number of rotatable bonds is 2. The Balaban J connectivity index is 2.34. The standard InChI is InChI=1S/C12H14O3/c1-2-12(8-7-11(14)15-12)9-3-5-10(13)6-4-9/h3-6,13H,2,7-8H2,1H3. The van der Waals surface area contributed by atoms with E-state index in [1.54, 1.807) is 12.1 Å². The molecule has 1 aromatic carbocycles. The lowest BCUT2D eigenvalue weighted by molar-refractivity contribution is -0.149. The summed E-state index contributed by atoms with van der Waals surface area (Å²) in [6, 6.07) is 6.88. The SMILES string of the molecule is CCC1(c2ccc(O)cc2)CCC(=O)O1. The Morgan fingerprint density at radius 2 is 2.07 bits per heavy atom. The molecule has 15 heavy (non-hydrogen) atoms. The fraction of sp³-hybridized carbons (Fsp3) is 0.417. The van der Waals surface area contributed by atoms with Crippen LogP contribution in [0.1, 0.15) is 31.7 Å². The number of carbonyl (C=O) groups excluding carboxylic acids is 1. The Kier molecular flexibility index (Phi) is 2.39. The van der Waals surface area contributed by atoms with Gasteiger partial charge < -0.3 is 9.84 Å². The first-order valence-corrected chi connectivity index (χ1v) is 5.18. The van der Waals surface area contributed by atoms with Gasteiger partial charge in [0, 0.05) is 12.8 Å². The largest absolute Gasteiger partial charge is 0.508 e. The number of phenolic OH excluding ortho intramolecular Hbond substituents is 1. The van der Waals surface area contributed by atoms with Gasteiger partial charge in [-0.25, -0.2) is 0 Å². The molecular formula is C12H14O3. The lowest BCUT2D eigenvalue weighted by Gasteiger charge is -2.26. The molecule has 1 aliphatic rings.